The fourth-order valence-corrected chi connectivity index (χ4v) is 3.19. The molecule has 0 saturated carbocycles. The van der Waals surface area contributed by atoms with E-state index >= 15 is 0 Å². The maximum Gasteiger partial charge on any atom is 0.264 e. The van der Waals surface area contributed by atoms with E-state index in [0.29, 0.717) is 17.5 Å². The average molecular weight is 392 g/mol. The van der Waals surface area contributed by atoms with Gasteiger partial charge in [0.2, 0.25) is 5.60 Å². The van der Waals surface area contributed by atoms with E-state index in [-0.39, 0.29) is 26.1 Å². The predicted molar refractivity (Wildman–Crippen MR) is 94.2 cm³/mol. The van der Waals surface area contributed by atoms with Crippen molar-refractivity contribution in [2.75, 3.05) is 6.54 Å². The van der Waals surface area contributed by atoms with Gasteiger partial charge in [0.25, 0.3) is 11.8 Å². The van der Waals surface area contributed by atoms with Crippen molar-refractivity contribution in [2.45, 2.75) is 31.5 Å². The SMILES string of the molecule is O=C(NCc1cccc(F)c1)C1(O)CCCN(Cc2ccc(F)c(F)c2)C1=O. The number of aliphatic hydroxyl groups is 1. The van der Waals surface area contributed by atoms with Gasteiger partial charge in [-0.25, -0.2) is 13.2 Å². The van der Waals surface area contributed by atoms with Crippen molar-refractivity contribution < 1.29 is 27.9 Å². The summed E-state index contributed by atoms with van der Waals surface area (Å²) in [7, 11) is 0. The molecule has 0 bridgehead atoms. The largest absolute Gasteiger partial charge is 0.372 e. The first-order valence-electron chi connectivity index (χ1n) is 8.78. The van der Waals surface area contributed by atoms with E-state index in [1.165, 1.54) is 29.2 Å². The second-order valence-electron chi connectivity index (χ2n) is 6.75. The van der Waals surface area contributed by atoms with E-state index < -0.39 is 34.9 Å². The van der Waals surface area contributed by atoms with Crippen LogP contribution < -0.4 is 5.32 Å². The van der Waals surface area contributed by atoms with Crippen molar-refractivity contribution in [3.63, 3.8) is 0 Å². The fraction of sp³-hybridized carbons (Fsp3) is 0.300. The number of likely N-dealkylation sites (tertiary alicyclic amines) is 1. The van der Waals surface area contributed by atoms with Gasteiger partial charge in [0, 0.05) is 19.6 Å². The quantitative estimate of drug-likeness (QED) is 0.767. The van der Waals surface area contributed by atoms with Crippen LogP contribution in [0, 0.1) is 17.5 Å². The van der Waals surface area contributed by atoms with E-state index in [1.54, 1.807) is 6.07 Å². The minimum atomic E-state index is -2.26. The van der Waals surface area contributed by atoms with Crippen molar-refractivity contribution in [1.29, 1.82) is 0 Å². The van der Waals surface area contributed by atoms with Crippen LogP contribution in [-0.2, 0) is 22.7 Å². The highest BCUT2D eigenvalue weighted by molar-refractivity contribution is 6.08. The molecule has 0 aliphatic carbocycles. The Labute approximate surface area is 159 Å². The zero-order valence-corrected chi connectivity index (χ0v) is 14.9. The zero-order chi connectivity index (χ0) is 20.3. The van der Waals surface area contributed by atoms with Gasteiger partial charge in [-0.05, 0) is 48.2 Å². The van der Waals surface area contributed by atoms with Crippen LogP contribution in [0.15, 0.2) is 42.5 Å². The Morgan fingerprint density at radius 2 is 1.89 bits per heavy atom. The Morgan fingerprint density at radius 1 is 1.11 bits per heavy atom. The van der Waals surface area contributed by atoms with Crippen molar-refractivity contribution in [1.82, 2.24) is 10.2 Å². The Morgan fingerprint density at radius 3 is 2.61 bits per heavy atom. The van der Waals surface area contributed by atoms with Gasteiger partial charge in [-0.15, -0.1) is 0 Å². The first-order chi connectivity index (χ1) is 13.3. The van der Waals surface area contributed by atoms with E-state index in [9.17, 15) is 27.9 Å². The second-order valence-corrected chi connectivity index (χ2v) is 6.75. The number of halogens is 3. The lowest BCUT2D eigenvalue weighted by Gasteiger charge is -2.37. The maximum atomic E-state index is 13.4. The molecule has 1 aliphatic heterocycles. The summed E-state index contributed by atoms with van der Waals surface area (Å²) in [5, 5.41) is 13.1. The molecule has 3 rings (SSSR count). The van der Waals surface area contributed by atoms with E-state index in [2.05, 4.69) is 5.32 Å². The Kier molecular flexibility index (Phi) is 5.69. The van der Waals surface area contributed by atoms with Gasteiger partial charge < -0.3 is 15.3 Å². The number of rotatable bonds is 5. The third-order valence-electron chi connectivity index (χ3n) is 4.68. The number of benzene rings is 2. The molecule has 0 spiro atoms. The Bertz CT molecular complexity index is 906. The molecule has 2 amide bonds. The van der Waals surface area contributed by atoms with Crippen LogP contribution in [-0.4, -0.2) is 34.0 Å². The summed E-state index contributed by atoms with van der Waals surface area (Å²) in [5.41, 5.74) is -1.43. The molecular formula is C20H19F3N2O3. The highest BCUT2D eigenvalue weighted by atomic mass is 19.2. The van der Waals surface area contributed by atoms with Crippen molar-refractivity contribution >= 4 is 11.8 Å². The number of nitrogens with zero attached hydrogens (tertiary/aromatic N) is 1. The molecule has 5 nitrogen and oxygen atoms in total. The van der Waals surface area contributed by atoms with E-state index in [4.69, 9.17) is 0 Å². The van der Waals surface area contributed by atoms with Crippen LogP contribution in [0.1, 0.15) is 24.0 Å². The molecule has 0 aromatic heterocycles. The van der Waals surface area contributed by atoms with Crippen molar-refractivity contribution in [2.24, 2.45) is 0 Å². The molecule has 28 heavy (non-hydrogen) atoms. The fourth-order valence-electron chi connectivity index (χ4n) is 3.19. The molecule has 148 valence electrons. The van der Waals surface area contributed by atoms with E-state index in [0.717, 1.165) is 12.1 Å². The normalized spacial score (nSPS) is 19.6. The second kappa shape index (κ2) is 8.02. The molecule has 1 aliphatic rings. The maximum absolute atomic E-state index is 13.4. The van der Waals surface area contributed by atoms with Gasteiger partial charge in [0.05, 0.1) is 0 Å². The number of hydrogen-bond acceptors (Lipinski definition) is 3. The summed E-state index contributed by atoms with van der Waals surface area (Å²) >= 11 is 0. The van der Waals surface area contributed by atoms with E-state index in [1.807, 2.05) is 0 Å². The molecule has 1 fully saturated rings. The number of hydrogen-bond donors (Lipinski definition) is 2. The number of carbonyl (C=O) groups excluding carboxylic acids is 2. The standard InChI is InChI=1S/C20H19F3N2O3/c21-15-4-1-3-13(9-15)11-24-18(26)20(28)7-2-8-25(19(20)27)12-14-5-6-16(22)17(23)10-14/h1,3-6,9-10,28H,2,7-8,11-12H2,(H,24,26). The number of piperidine rings is 1. The van der Waals surface area contributed by atoms with Gasteiger partial charge >= 0.3 is 0 Å². The van der Waals surface area contributed by atoms with Gasteiger partial charge in [-0.3, -0.25) is 9.59 Å². The third-order valence-corrected chi connectivity index (χ3v) is 4.68. The number of nitrogens with one attached hydrogen (secondary N) is 1. The van der Waals surface area contributed by atoms with Crippen LogP contribution >= 0.6 is 0 Å². The molecule has 2 N–H and O–H groups in total. The Balaban J connectivity index is 1.68. The molecule has 0 radical (unpaired) electrons. The molecular weight excluding hydrogens is 373 g/mol. The highest BCUT2D eigenvalue weighted by Crippen LogP contribution is 2.25. The van der Waals surface area contributed by atoms with Gasteiger partial charge in [-0.1, -0.05) is 18.2 Å². The first kappa shape index (κ1) is 19.9. The van der Waals surface area contributed by atoms with Crippen LogP contribution in [0.25, 0.3) is 0 Å². The number of carbonyl (C=O) groups is 2. The zero-order valence-electron chi connectivity index (χ0n) is 14.9. The first-order valence-corrected chi connectivity index (χ1v) is 8.78. The molecule has 1 atom stereocenters. The summed E-state index contributed by atoms with van der Waals surface area (Å²) in [6, 6.07) is 8.86. The minimum Gasteiger partial charge on any atom is -0.372 e. The summed E-state index contributed by atoms with van der Waals surface area (Å²) < 4.78 is 39.7. The van der Waals surface area contributed by atoms with Gasteiger partial charge in [0.1, 0.15) is 5.82 Å². The molecule has 1 unspecified atom stereocenters. The summed E-state index contributed by atoms with van der Waals surface area (Å²) in [6.07, 6.45) is 0.300. The lowest BCUT2D eigenvalue weighted by molar-refractivity contribution is -0.166. The summed E-state index contributed by atoms with van der Waals surface area (Å²) in [5.74, 6) is -4.18. The summed E-state index contributed by atoms with van der Waals surface area (Å²) in [4.78, 5) is 26.4. The summed E-state index contributed by atoms with van der Waals surface area (Å²) in [6.45, 7) is 0.169. The van der Waals surface area contributed by atoms with Crippen molar-refractivity contribution in [3.8, 4) is 0 Å². The molecule has 1 heterocycles. The van der Waals surface area contributed by atoms with Crippen molar-refractivity contribution in [3.05, 3.63) is 71.0 Å². The molecule has 2 aromatic carbocycles. The number of amides is 2. The third kappa shape index (κ3) is 4.17. The van der Waals surface area contributed by atoms with Crippen LogP contribution in [0.3, 0.4) is 0 Å². The lowest BCUT2D eigenvalue weighted by atomic mass is 9.90. The molecule has 8 heteroatoms. The highest BCUT2D eigenvalue weighted by Gasteiger charge is 2.48. The predicted octanol–water partition coefficient (Wildman–Crippen LogP) is 2.27. The molecule has 2 aromatic rings. The Hall–Kier alpha value is -2.87. The monoisotopic (exact) mass is 392 g/mol. The lowest BCUT2D eigenvalue weighted by Crippen LogP contribution is -2.60. The van der Waals surface area contributed by atoms with Gasteiger partial charge in [0.15, 0.2) is 11.6 Å². The van der Waals surface area contributed by atoms with Crippen LogP contribution in [0.4, 0.5) is 13.2 Å². The van der Waals surface area contributed by atoms with Crippen LogP contribution in [0.2, 0.25) is 0 Å². The molecule has 1 saturated heterocycles. The minimum absolute atomic E-state index is 0.0463. The van der Waals surface area contributed by atoms with Gasteiger partial charge in [-0.2, -0.15) is 0 Å². The van der Waals surface area contributed by atoms with Crippen LogP contribution in [0.5, 0.6) is 0 Å². The average Bonchev–Trinajstić information content (AvgIpc) is 2.66. The topological polar surface area (TPSA) is 69.6 Å². The smallest absolute Gasteiger partial charge is 0.264 e.